The Kier molecular flexibility index (Phi) is 4.06. The van der Waals surface area contributed by atoms with Crippen LogP contribution in [-0.4, -0.2) is 23.0 Å². The molecule has 4 nitrogen and oxygen atoms in total. The number of halogens is 1. The van der Waals surface area contributed by atoms with E-state index in [0.29, 0.717) is 5.56 Å². The number of amides is 1. The Morgan fingerprint density at radius 1 is 1.44 bits per heavy atom. The lowest BCUT2D eigenvalue weighted by Crippen LogP contribution is -2.38. The van der Waals surface area contributed by atoms with Crippen LogP contribution < -0.4 is 5.32 Å². The molecular weight excluding hydrogens is 274 g/mol. The van der Waals surface area contributed by atoms with Gasteiger partial charge in [0.15, 0.2) is 0 Å². The Bertz CT molecular complexity index is 431. The van der Waals surface area contributed by atoms with Crippen molar-refractivity contribution in [1.82, 2.24) is 5.32 Å². The van der Waals surface area contributed by atoms with Gasteiger partial charge < -0.3 is 10.4 Å². The third kappa shape index (κ3) is 2.82. The fourth-order valence-corrected chi connectivity index (χ4v) is 1.56. The summed E-state index contributed by atoms with van der Waals surface area (Å²) in [5.74, 6) is -1.44. The summed E-state index contributed by atoms with van der Waals surface area (Å²) >= 11 is 3.31. The Morgan fingerprint density at radius 2 is 2.06 bits per heavy atom. The Labute approximate surface area is 102 Å². The van der Waals surface area contributed by atoms with Crippen molar-refractivity contribution < 1.29 is 14.7 Å². The van der Waals surface area contributed by atoms with Crippen molar-refractivity contribution in [3.05, 3.63) is 33.8 Å². The Hall–Kier alpha value is -1.36. The summed E-state index contributed by atoms with van der Waals surface area (Å²) in [4.78, 5) is 22.3. The van der Waals surface area contributed by atoms with Crippen LogP contribution in [0.15, 0.2) is 22.7 Å². The second kappa shape index (κ2) is 5.12. The summed E-state index contributed by atoms with van der Waals surface area (Å²) in [6.45, 7) is 3.22. The van der Waals surface area contributed by atoms with Crippen molar-refractivity contribution in [2.24, 2.45) is 0 Å². The molecule has 0 aliphatic carbocycles. The number of hydrogen-bond acceptors (Lipinski definition) is 2. The van der Waals surface area contributed by atoms with Gasteiger partial charge in [-0.1, -0.05) is 22.0 Å². The van der Waals surface area contributed by atoms with Crippen LogP contribution in [0.1, 0.15) is 22.8 Å². The molecule has 16 heavy (non-hydrogen) atoms. The van der Waals surface area contributed by atoms with Crippen molar-refractivity contribution in [2.75, 3.05) is 0 Å². The quantitative estimate of drug-likeness (QED) is 0.892. The van der Waals surface area contributed by atoms with E-state index in [2.05, 4.69) is 21.2 Å². The third-order valence-corrected chi connectivity index (χ3v) is 3.09. The minimum absolute atomic E-state index is 0.381. The van der Waals surface area contributed by atoms with Gasteiger partial charge in [0.05, 0.1) is 0 Å². The van der Waals surface area contributed by atoms with Gasteiger partial charge >= 0.3 is 5.97 Å². The zero-order chi connectivity index (χ0) is 12.3. The monoisotopic (exact) mass is 285 g/mol. The molecule has 0 saturated heterocycles. The molecular formula is C11H12BrNO3. The number of aliphatic carboxylic acids is 1. The molecule has 1 aromatic rings. The summed E-state index contributed by atoms with van der Waals surface area (Å²) in [5, 5.41) is 11.1. The fourth-order valence-electron chi connectivity index (χ4n) is 1.19. The topological polar surface area (TPSA) is 66.4 Å². The first-order valence-electron chi connectivity index (χ1n) is 4.72. The molecule has 0 radical (unpaired) electrons. The first-order chi connectivity index (χ1) is 7.43. The molecule has 5 heteroatoms. The van der Waals surface area contributed by atoms with E-state index < -0.39 is 12.0 Å². The molecule has 1 rings (SSSR count). The third-order valence-electron chi connectivity index (χ3n) is 2.23. The number of hydrogen-bond donors (Lipinski definition) is 2. The van der Waals surface area contributed by atoms with Gasteiger partial charge in [0.1, 0.15) is 6.04 Å². The first kappa shape index (κ1) is 12.7. The Balaban J connectivity index is 2.89. The lowest BCUT2D eigenvalue weighted by atomic mass is 10.1. The minimum atomic E-state index is -1.05. The summed E-state index contributed by atoms with van der Waals surface area (Å²) in [6, 6.07) is 4.32. The number of carboxylic acids is 1. The predicted octanol–water partition coefficient (Wildman–Crippen LogP) is 1.96. The summed E-state index contributed by atoms with van der Waals surface area (Å²) < 4.78 is 0.822. The maximum absolute atomic E-state index is 11.7. The van der Waals surface area contributed by atoms with Gasteiger partial charge in [0.2, 0.25) is 0 Å². The van der Waals surface area contributed by atoms with E-state index >= 15 is 0 Å². The number of benzene rings is 1. The smallest absolute Gasteiger partial charge is 0.325 e. The SMILES string of the molecule is Cc1c(Br)cccc1C(=O)N[C@H](C)C(=O)O. The highest BCUT2D eigenvalue weighted by Gasteiger charge is 2.17. The molecule has 0 aliphatic heterocycles. The molecule has 0 aromatic heterocycles. The van der Waals surface area contributed by atoms with E-state index in [0.717, 1.165) is 10.0 Å². The van der Waals surface area contributed by atoms with Crippen molar-refractivity contribution in [1.29, 1.82) is 0 Å². The largest absolute Gasteiger partial charge is 0.480 e. The first-order valence-corrected chi connectivity index (χ1v) is 5.51. The van der Waals surface area contributed by atoms with E-state index in [9.17, 15) is 9.59 Å². The van der Waals surface area contributed by atoms with Crippen molar-refractivity contribution in [2.45, 2.75) is 19.9 Å². The molecule has 1 aromatic carbocycles. The summed E-state index contributed by atoms with van der Waals surface area (Å²) in [5.41, 5.74) is 1.26. The van der Waals surface area contributed by atoms with Crippen LogP contribution in [-0.2, 0) is 4.79 Å². The Morgan fingerprint density at radius 3 is 2.62 bits per heavy atom. The molecule has 0 fully saturated rings. The number of carboxylic acid groups (broad SMARTS) is 1. The van der Waals surface area contributed by atoms with Crippen LogP contribution in [0.4, 0.5) is 0 Å². The van der Waals surface area contributed by atoms with Crippen LogP contribution in [0.25, 0.3) is 0 Å². The number of carbonyl (C=O) groups is 2. The lowest BCUT2D eigenvalue weighted by molar-refractivity contribution is -0.138. The summed E-state index contributed by atoms with van der Waals surface area (Å²) in [6.07, 6.45) is 0. The van der Waals surface area contributed by atoms with Gasteiger partial charge in [0, 0.05) is 10.0 Å². The highest BCUT2D eigenvalue weighted by molar-refractivity contribution is 9.10. The van der Waals surface area contributed by atoms with Gasteiger partial charge in [-0.05, 0) is 31.5 Å². The van der Waals surface area contributed by atoms with Gasteiger partial charge in [-0.3, -0.25) is 9.59 Å². The average molecular weight is 286 g/mol. The van der Waals surface area contributed by atoms with Crippen LogP contribution >= 0.6 is 15.9 Å². The van der Waals surface area contributed by atoms with Crippen LogP contribution in [0, 0.1) is 6.92 Å². The number of carbonyl (C=O) groups excluding carboxylic acids is 1. The molecule has 0 unspecified atom stereocenters. The molecule has 0 spiro atoms. The molecule has 0 saturated carbocycles. The molecule has 0 bridgehead atoms. The highest BCUT2D eigenvalue weighted by atomic mass is 79.9. The van der Waals surface area contributed by atoms with Crippen molar-refractivity contribution in [3.8, 4) is 0 Å². The van der Waals surface area contributed by atoms with Crippen LogP contribution in [0.2, 0.25) is 0 Å². The molecule has 1 amide bonds. The molecule has 0 aliphatic rings. The maximum Gasteiger partial charge on any atom is 0.325 e. The van der Waals surface area contributed by atoms with Gasteiger partial charge in [-0.2, -0.15) is 0 Å². The number of rotatable bonds is 3. The van der Waals surface area contributed by atoms with E-state index in [1.807, 2.05) is 6.07 Å². The van der Waals surface area contributed by atoms with Crippen LogP contribution in [0.5, 0.6) is 0 Å². The molecule has 1 atom stereocenters. The molecule has 2 N–H and O–H groups in total. The average Bonchev–Trinajstić information content (AvgIpc) is 2.21. The zero-order valence-corrected chi connectivity index (χ0v) is 10.5. The lowest BCUT2D eigenvalue weighted by Gasteiger charge is -2.11. The second-order valence-electron chi connectivity index (χ2n) is 3.45. The van der Waals surface area contributed by atoms with Crippen molar-refractivity contribution >= 4 is 27.8 Å². The number of nitrogens with one attached hydrogen (secondary N) is 1. The van der Waals surface area contributed by atoms with E-state index in [1.54, 1.807) is 19.1 Å². The zero-order valence-electron chi connectivity index (χ0n) is 8.95. The summed E-state index contributed by atoms with van der Waals surface area (Å²) in [7, 11) is 0. The fraction of sp³-hybridized carbons (Fsp3) is 0.273. The maximum atomic E-state index is 11.7. The standard InChI is InChI=1S/C11H12BrNO3/c1-6-8(4-3-5-9(6)12)10(14)13-7(2)11(15)16/h3-5,7H,1-2H3,(H,13,14)(H,15,16)/t7-/m1/s1. The minimum Gasteiger partial charge on any atom is -0.480 e. The van der Waals surface area contributed by atoms with Gasteiger partial charge in [-0.15, -0.1) is 0 Å². The van der Waals surface area contributed by atoms with Crippen molar-refractivity contribution in [3.63, 3.8) is 0 Å². The van der Waals surface area contributed by atoms with E-state index in [4.69, 9.17) is 5.11 Å². The van der Waals surface area contributed by atoms with E-state index in [-0.39, 0.29) is 5.91 Å². The molecule has 86 valence electrons. The van der Waals surface area contributed by atoms with Gasteiger partial charge in [-0.25, -0.2) is 0 Å². The highest BCUT2D eigenvalue weighted by Crippen LogP contribution is 2.19. The second-order valence-corrected chi connectivity index (χ2v) is 4.30. The predicted molar refractivity (Wildman–Crippen MR) is 63.4 cm³/mol. The van der Waals surface area contributed by atoms with E-state index in [1.165, 1.54) is 6.92 Å². The van der Waals surface area contributed by atoms with Crippen LogP contribution in [0.3, 0.4) is 0 Å². The normalized spacial score (nSPS) is 11.9. The molecule has 0 heterocycles. The van der Waals surface area contributed by atoms with Gasteiger partial charge in [0.25, 0.3) is 5.91 Å².